The highest BCUT2D eigenvalue weighted by Gasteiger charge is 2.23. The average Bonchev–Trinajstić information content (AvgIpc) is 3.23. The van der Waals surface area contributed by atoms with E-state index < -0.39 is 28.9 Å². The third-order valence-electron chi connectivity index (χ3n) is 3.79. The summed E-state index contributed by atoms with van der Waals surface area (Å²) in [5, 5.41) is 8.84. The molecule has 10 heteroatoms. The van der Waals surface area contributed by atoms with Crippen LogP contribution in [0.15, 0.2) is 6.33 Å². The van der Waals surface area contributed by atoms with Crippen LogP contribution in [0.2, 0.25) is 0 Å². The molecule has 3 rings (SSSR count). The van der Waals surface area contributed by atoms with Crippen molar-refractivity contribution in [3.05, 3.63) is 40.6 Å². The van der Waals surface area contributed by atoms with E-state index >= 15 is 0 Å². The number of rotatable bonds is 3. The highest BCUT2D eigenvalue weighted by Crippen LogP contribution is 2.26. The van der Waals surface area contributed by atoms with Gasteiger partial charge in [0.15, 0.2) is 23.3 Å². The predicted octanol–water partition coefficient (Wildman–Crippen LogP) is 1.74. The number of hydrogen-bond acceptors (Lipinski definition) is 4. The number of imidazole rings is 1. The molecule has 0 radical (unpaired) electrons. The first-order valence-corrected chi connectivity index (χ1v) is 7.49. The van der Waals surface area contributed by atoms with Crippen molar-refractivity contribution < 1.29 is 18.0 Å². The Bertz CT molecular complexity index is 1090. The van der Waals surface area contributed by atoms with E-state index in [0.717, 1.165) is 0 Å². The summed E-state index contributed by atoms with van der Waals surface area (Å²) in [6, 6.07) is 0. The number of H-pyrrole nitrogens is 1. The minimum absolute atomic E-state index is 0.0553. The first kappa shape index (κ1) is 17.3. The van der Waals surface area contributed by atoms with Crippen LogP contribution < -0.4 is 11.1 Å². The van der Waals surface area contributed by atoms with Gasteiger partial charge in [-0.3, -0.25) is 9.89 Å². The minimum atomic E-state index is -1.44. The van der Waals surface area contributed by atoms with Crippen molar-refractivity contribution in [2.75, 3.05) is 12.4 Å². The Kier molecular flexibility index (Phi) is 4.29. The average molecular weight is 362 g/mol. The monoisotopic (exact) mass is 362 g/mol. The second-order valence-corrected chi connectivity index (χ2v) is 5.23. The molecule has 2 heterocycles. The van der Waals surface area contributed by atoms with E-state index in [-0.39, 0.29) is 28.1 Å². The molecule has 0 aliphatic heterocycles. The topological polar surface area (TPSA) is 102 Å². The number of carbonyl (C=O) groups excluding carboxylic acids is 1. The molecular formula is C16H13F3N6O. The Morgan fingerprint density at radius 2 is 2.04 bits per heavy atom. The third-order valence-corrected chi connectivity index (χ3v) is 3.79. The molecule has 2 aromatic heterocycles. The van der Waals surface area contributed by atoms with Gasteiger partial charge in [0.1, 0.15) is 27.9 Å². The molecule has 0 spiro atoms. The van der Waals surface area contributed by atoms with Gasteiger partial charge in [0.25, 0.3) is 5.91 Å². The molecule has 26 heavy (non-hydrogen) atoms. The van der Waals surface area contributed by atoms with Gasteiger partial charge in [-0.15, -0.1) is 0 Å². The quantitative estimate of drug-likeness (QED) is 0.488. The van der Waals surface area contributed by atoms with Crippen LogP contribution in [0.5, 0.6) is 0 Å². The number of nitrogens with zero attached hydrogens (tertiary/aromatic N) is 3. The lowest BCUT2D eigenvalue weighted by atomic mass is 10.1. The van der Waals surface area contributed by atoms with E-state index in [4.69, 9.17) is 5.73 Å². The Morgan fingerprint density at radius 1 is 1.31 bits per heavy atom. The third kappa shape index (κ3) is 2.54. The normalized spacial score (nSPS) is 10.7. The summed E-state index contributed by atoms with van der Waals surface area (Å²) in [6.07, 6.45) is 1.22. The van der Waals surface area contributed by atoms with Gasteiger partial charge in [0, 0.05) is 13.6 Å². The fraction of sp³-hybridized carbons (Fsp3) is 0.188. The lowest BCUT2D eigenvalue weighted by Gasteiger charge is -2.04. The highest BCUT2D eigenvalue weighted by atomic mass is 19.2. The van der Waals surface area contributed by atoms with E-state index in [1.54, 1.807) is 6.92 Å². The minimum Gasteiger partial charge on any atom is -0.371 e. The fourth-order valence-electron chi connectivity index (χ4n) is 2.53. The van der Waals surface area contributed by atoms with Crippen molar-refractivity contribution in [3.63, 3.8) is 0 Å². The van der Waals surface area contributed by atoms with Crippen LogP contribution in [0, 0.1) is 29.3 Å². The van der Waals surface area contributed by atoms with Crippen molar-refractivity contribution in [3.8, 4) is 11.8 Å². The Balaban J connectivity index is 2.20. The maximum atomic E-state index is 14.6. The first-order valence-electron chi connectivity index (χ1n) is 7.49. The number of aromatic nitrogens is 4. The highest BCUT2D eigenvalue weighted by molar-refractivity contribution is 5.99. The second kappa shape index (κ2) is 6.44. The molecule has 7 nitrogen and oxygen atoms in total. The number of halogens is 3. The van der Waals surface area contributed by atoms with E-state index in [0.29, 0.717) is 6.54 Å². The lowest BCUT2D eigenvalue weighted by molar-refractivity contribution is 0.100. The number of aryl methyl sites for hydroxylation is 1. The molecule has 0 saturated carbocycles. The van der Waals surface area contributed by atoms with Crippen molar-refractivity contribution in [2.24, 2.45) is 5.73 Å². The Labute approximate surface area is 145 Å². The zero-order valence-electron chi connectivity index (χ0n) is 13.7. The number of hydrogen-bond donors (Lipinski definition) is 3. The van der Waals surface area contributed by atoms with Gasteiger partial charge in [0.05, 0.1) is 6.33 Å². The standard InChI is InChI=1S/C16H13F3N6O/c1-3-25-6-22-13-11(18)7(10(17)12(19)14(13)25)4-5-8-9(15(20)26)16(21-2)24-23-8/h6H,3H2,1-2H3,(H2,20,26)(H2,21,23,24). The predicted molar refractivity (Wildman–Crippen MR) is 87.9 cm³/mol. The summed E-state index contributed by atoms with van der Waals surface area (Å²) in [5.41, 5.74) is 3.73. The summed E-state index contributed by atoms with van der Waals surface area (Å²) in [7, 11) is 1.51. The molecule has 0 aliphatic carbocycles. The smallest absolute Gasteiger partial charge is 0.255 e. The largest absolute Gasteiger partial charge is 0.371 e. The fourth-order valence-corrected chi connectivity index (χ4v) is 2.53. The van der Waals surface area contributed by atoms with Crippen molar-refractivity contribution in [1.29, 1.82) is 0 Å². The van der Waals surface area contributed by atoms with E-state index in [1.165, 1.54) is 17.9 Å². The van der Waals surface area contributed by atoms with Crippen LogP contribution in [-0.4, -0.2) is 32.7 Å². The number of nitrogens with two attached hydrogens (primary N) is 1. The Morgan fingerprint density at radius 3 is 2.65 bits per heavy atom. The van der Waals surface area contributed by atoms with Gasteiger partial charge in [-0.1, -0.05) is 5.92 Å². The van der Waals surface area contributed by atoms with Crippen LogP contribution in [0.4, 0.5) is 19.0 Å². The Hall–Kier alpha value is -3.48. The maximum absolute atomic E-state index is 14.6. The molecule has 0 unspecified atom stereocenters. The summed E-state index contributed by atoms with van der Waals surface area (Å²) >= 11 is 0. The first-order chi connectivity index (χ1) is 12.4. The van der Waals surface area contributed by atoms with Gasteiger partial charge in [0.2, 0.25) is 0 Å². The van der Waals surface area contributed by atoms with Crippen LogP contribution in [0.1, 0.15) is 28.5 Å². The zero-order chi connectivity index (χ0) is 19.0. The van der Waals surface area contributed by atoms with Crippen LogP contribution in [-0.2, 0) is 6.54 Å². The number of primary amides is 1. The summed E-state index contributed by atoms with van der Waals surface area (Å²) < 4.78 is 44.5. The molecule has 134 valence electrons. The summed E-state index contributed by atoms with van der Waals surface area (Å²) in [5.74, 6) is 0.0806. The van der Waals surface area contributed by atoms with Gasteiger partial charge in [-0.05, 0) is 12.8 Å². The zero-order valence-corrected chi connectivity index (χ0v) is 13.7. The van der Waals surface area contributed by atoms with Crippen LogP contribution >= 0.6 is 0 Å². The van der Waals surface area contributed by atoms with Crippen LogP contribution in [0.25, 0.3) is 11.0 Å². The molecule has 4 N–H and O–H groups in total. The van der Waals surface area contributed by atoms with Gasteiger partial charge in [-0.25, -0.2) is 18.2 Å². The van der Waals surface area contributed by atoms with Crippen molar-refractivity contribution in [1.82, 2.24) is 19.7 Å². The number of amides is 1. The number of nitrogens with one attached hydrogen (secondary N) is 2. The molecular weight excluding hydrogens is 349 g/mol. The van der Waals surface area contributed by atoms with Crippen molar-refractivity contribution in [2.45, 2.75) is 13.5 Å². The number of anilines is 1. The molecule has 0 fully saturated rings. The summed E-state index contributed by atoms with van der Waals surface area (Å²) in [6.45, 7) is 1.98. The lowest BCUT2D eigenvalue weighted by Crippen LogP contribution is -2.13. The number of aromatic amines is 1. The number of fused-ring (bicyclic) bond motifs is 1. The molecule has 0 saturated heterocycles. The van der Waals surface area contributed by atoms with E-state index in [1.807, 2.05) is 0 Å². The van der Waals surface area contributed by atoms with Gasteiger partial charge >= 0.3 is 0 Å². The summed E-state index contributed by atoms with van der Waals surface area (Å²) in [4.78, 5) is 15.3. The van der Waals surface area contributed by atoms with E-state index in [9.17, 15) is 18.0 Å². The molecule has 0 aliphatic rings. The molecule has 1 aromatic carbocycles. The molecule has 3 aromatic rings. The van der Waals surface area contributed by atoms with Gasteiger partial charge < -0.3 is 15.6 Å². The van der Waals surface area contributed by atoms with Gasteiger partial charge in [-0.2, -0.15) is 5.10 Å². The second-order valence-electron chi connectivity index (χ2n) is 5.23. The van der Waals surface area contributed by atoms with Crippen LogP contribution in [0.3, 0.4) is 0 Å². The van der Waals surface area contributed by atoms with E-state index in [2.05, 4.69) is 32.3 Å². The molecule has 0 atom stereocenters. The molecule has 0 bridgehead atoms. The number of benzene rings is 1. The maximum Gasteiger partial charge on any atom is 0.255 e. The van der Waals surface area contributed by atoms with Crippen molar-refractivity contribution >= 4 is 22.8 Å². The number of carbonyl (C=O) groups is 1. The molecule has 1 amide bonds. The SMILES string of the molecule is CCn1cnc2c(F)c(C#Cc3[nH]nc(NC)c3C(N)=O)c(F)c(F)c21.